The maximum Gasteiger partial charge on any atom is 0.266 e. The number of nitrogens with zero attached hydrogens (tertiary/aromatic N) is 1. The zero-order valence-electron chi connectivity index (χ0n) is 18.2. The quantitative estimate of drug-likeness (QED) is 0.281. The van der Waals surface area contributed by atoms with E-state index < -0.39 is 11.7 Å². The molecular weight excluding hydrogens is 487 g/mol. The summed E-state index contributed by atoms with van der Waals surface area (Å²) < 4.78 is 25.4. The number of halogens is 2. The highest BCUT2D eigenvalue weighted by atomic mass is 79.9. The Hall–Kier alpha value is -3.63. The van der Waals surface area contributed by atoms with Crippen LogP contribution in [0.2, 0.25) is 0 Å². The summed E-state index contributed by atoms with van der Waals surface area (Å²) in [5.74, 6) is 0.00485. The van der Waals surface area contributed by atoms with Crippen molar-refractivity contribution in [1.29, 1.82) is 5.26 Å². The lowest BCUT2D eigenvalue weighted by molar-refractivity contribution is -0.112. The maximum absolute atomic E-state index is 13.1. The van der Waals surface area contributed by atoms with Crippen molar-refractivity contribution in [3.05, 3.63) is 93.2 Å². The second kappa shape index (κ2) is 11.3. The summed E-state index contributed by atoms with van der Waals surface area (Å²) in [5, 5.41) is 12.1. The van der Waals surface area contributed by atoms with Crippen molar-refractivity contribution >= 4 is 33.6 Å². The molecular formula is C26H22BrFN2O3. The lowest BCUT2D eigenvalue weighted by Crippen LogP contribution is -2.13. The fourth-order valence-corrected chi connectivity index (χ4v) is 3.54. The number of anilines is 1. The zero-order valence-corrected chi connectivity index (χ0v) is 19.8. The molecule has 0 aromatic heterocycles. The van der Waals surface area contributed by atoms with Crippen molar-refractivity contribution in [3.8, 4) is 17.6 Å². The SMILES string of the molecule is CCOc1cc(/C=C(/C#N)C(=O)Nc2ccc(F)cc2)cc(Br)c1OCc1ccc(C)cc1. The van der Waals surface area contributed by atoms with Gasteiger partial charge in [0.05, 0.1) is 11.1 Å². The standard InChI is InChI=1S/C26H22BrFN2O3/c1-3-32-24-14-19(12-20(15-29)26(31)30-22-10-8-21(28)9-11-22)13-23(27)25(24)33-16-18-6-4-17(2)5-7-18/h4-14H,3,16H2,1-2H3,(H,30,31)/b20-12-. The molecule has 33 heavy (non-hydrogen) atoms. The number of hydrogen-bond acceptors (Lipinski definition) is 4. The van der Waals surface area contributed by atoms with Gasteiger partial charge in [-0.2, -0.15) is 5.26 Å². The van der Waals surface area contributed by atoms with Gasteiger partial charge in [0.1, 0.15) is 24.1 Å². The van der Waals surface area contributed by atoms with Crippen molar-refractivity contribution in [3.63, 3.8) is 0 Å². The van der Waals surface area contributed by atoms with Crippen LogP contribution < -0.4 is 14.8 Å². The lowest BCUT2D eigenvalue weighted by Gasteiger charge is -2.15. The molecule has 0 aliphatic heterocycles. The Kier molecular flexibility index (Phi) is 8.22. The van der Waals surface area contributed by atoms with Crippen molar-refractivity contribution < 1.29 is 18.7 Å². The highest BCUT2D eigenvalue weighted by molar-refractivity contribution is 9.10. The van der Waals surface area contributed by atoms with E-state index in [1.807, 2.05) is 44.2 Å². The molecule has 0 heterocycles. The van der Waals surface area contributed by atoms with E-state index in [4.69, 9.17) is 9.47 Å². The Morgan fingerprint density at radius 3 is 2.45 bits per heavy atom. The van der Waals surface area contributed by atoms with Crippen LogP contribution in [0.3, 0.4) is 0 Å². The number of aryl methyl sites for hydroxylation is 1. The lowest BCUT2D eigenvalue weighted by atomic mass is 10.1. The third-order valence-electron chi connectivity index (χ3n) is 4.61. The van der Waals surface area contributed by atoms with Crippen LogP contribution in [0.5, 0.6) is 11.5 Å². The van der Waals surface area contributed by atoms with Crippen LogP contribution in [0, 0.1) is 24.1 Å². The minimum Gasteiger partial charge on any atom is -0.490 e. The number of carbonyl (C=O) groups is 1. The summed E-state index contributed by atoms with van der Waals surface area (Å²) >= 11 is 3.51. The molecule has 3 aromatic rings. The molecule has 3 rings (SSSR count). The summed E-state index contributed by atoms with van der Waals surface area (Å²) in [6, 6.07) is 18.7. The molecule has 1 amide bonds. The first-order chi connectivity index (χ1) is 15.9. The molecule has 168 valence electrons. The third kappa shape index (κ3) is 6.67. The van der Waals surface area contributed by atoms with Crippen LogP contribution >= 0.6 is 15.9 Å². The largest absolute Gasteiger partial charge is 0.490 e. The first-order valence-electron chi connectivity index (χ1n) is 10.2. The molecule has 7 heteroatoms. The van der Waals surface area contributed by atoms with E-state index in [0.717, 1.165) is 5.56 Å². The molecule has 0 aliphatic carbocycles. The molecule has 0 saturated heterocycles. The predicted octanol–water partition coefficient (Wildman–Crippen LogP) is 6.42. The van der Waals surface area contributed by atoms with E-state index in [1.54, 1.807) is 12.1 Å². The predicted molar refractivity (Wildman–Crippen MR) is 129 cm³/mol. The van der Waals surface area contributed by atoms with Gasteiger partial charge in [0.15, 0.2) is 11.5 Å². The second-order valence-corrected chi connectivity index (χ2v) is 8.02. The Morgan fingerprint density at radius 1 is 1.12 bits per heavy atom. The second-order valence-electron chi connectivity index (χ2n) is 7.17. The number of amides is 1. The molecule has 0 spiro atoms. The molecule has 0 atom stereocenters. The van der Waals surface area contributed by atoms with Crippen molar-refractivity contribution in [2.24, 2.45) is 0 Å². The number of rotatable bonds is 8. The summed E-state index contributed by atoms with van der Waals surface area (Å²) in [5.41, 5.74) is 3.05. The van der Waals surface area contributed by atoms with Gasteiger partial charge >= 0.3 is 0 Å². The Bertz CT molecular complexity index is 1200. The highest BCUT2D eigenvalue weighted by Crippen LogP contribution is 2.38. The number of nitriles is 1. The summed E-state index contributed by atoms with van der Waals surface area (Å²) in [7, 11) is 0. The fraction of sp³-hybridized carbons (Fsp3) is 0.154. The molecule has 0 bridgehead atoms. The smallest absolute Gasteiger partial charge is 0.266 e. The first kappa shape index (κ1) is 24.0. The van der Waals surface area contributed by atoms with Crippen LogP contribution in [0.15, 0.2) is 70.7 Å². The van der Waals surface area contributed by atoms with Crippen LogP contribution in [0.4, 0.5) is 10.1 Å². The summed E-state index contributed by atoms with van der Waals surface area (Å²) in [6.07, 6.45) is 1.45. The van der Waals surface area contributed by atoms with Crippen LogP contribution in [0.1, 0.15) is 23.6 Å². The van der Waals surface area contributed by atoms with E-state index in [9.17, 15) is 14.4 Å². The molecule has 0 aliphatic rings. The van der Waals surface area contributed by atoms with Gasteiger partial charge in [-0.05, 0) is 83.4 Å². The number of benzene rings is 3. The van der Waals surface area contributed by atoms with Gasteiger partial charge in [0.25, 0.3) is 5.91 Å². The Morgan fingerprint density at radius 2 is 1.82 bits per heavy atom. The van der Waals surface area contributed by atoms with Crippen LogP contribution in [-0.4, -0.2) is 12.5 Å². The summed E-state index contributed by atoms with van der Waals surface area (Å²) in [6.45, 7) is 4.65. The molecule has 0 unspecified atom stereocenters. The van der Waals surface area contributed by atoms with Crippen LogP contribution in [-0.2, 0) is 11.4 Å². The number of carbonyl (C=O) groups excluding carboxylic acids is 1. The number of nitrogens with one attached hydrogen (secondary N) is 1. The van der Waals surface area contributed by atoms with Gasteiger partial charge in [-0.1, -0.05) is 29.8 Å². The zero-order chi connectivity index (χ0) is 23.8. The topological polar surface area (TPSA) is 71.3 Å². The van der Waals surface area contributed by atoms with Gasteiger partial charge in [0.2, 0.25) is 0 Å². The number of hydrogen-bond donors (Lipinski definition) is 1. The number of ether oxygens (including phenoxy) is 2. The van der Waals surface area contributed by atoms with Crippen molar-refractivity contribution in [1.82, 2.24) is 0 Å². The van der Waals surface area contributed by atoms with Gasteiger partial charge in [-0.25, -0.2) is 4.39 Å². The molecule has 0 saturated carbocycles. The Balaban J connectivity index is 1.83. The summed E-state index contributed by atoms with van der Waals surface area (Å²) in [4.78, 5) is 12.5. The maximum atomic E-state index is 13.1. The van der Waals surface area contributed by atoms with Gasteiger partial charge in [-0.15, -0.1) is 0 Å². The van der Waals surface area contributed by atoms with Crippen molar-refractivity contribution in [2.75, 3.05) is 11.9 Å². The molecule has 0 radical (unpaired) electrons. The Labute approximate surface area is 200 Å². The molecule has 5 nitrogen and oxygen atoms in total. The minimum atomic E-state index is -0.599. The van der Waals surface area contributed by atoms with Gasteiger partial charge in [-0.3, -0.25) is 4.79 Å². The normalized spacial score (nSPS) is 10.9. The minimum absolute atomic E-state index is 0.109. The van der Waals surface area contributed by atoms with E-state index in [1.165, 1.54) is 35.9 Å². The highest BCUT2D eigenvalue weighted by Gasteiger charge is 2.15. The fourth-order valence-electron chi connectivity index (χ4n) is 2.96. The average molecular weight is 509 g/mol. The monoisotopic (exact) mass is 508 g/mol. The third-order valence-corrected chi connectivity index (χ3v) is 5.20. The van der Waals surface area contributed by atoms with E-state index in [-0.39, 0.29) is 5.57 Å². The van der Waals surface area contributed by atoms with Crippen molar-refractivity contribution in [2.45, 2.75) is 20.5 Å². The van der Waals surface area contributed by atoms with Gasteiger partial charge < -0.3 is 14.8 Å². The molecule has 3 aromatic carbocycles. The van der Waals surface area contributed by atoms with E-state index in [2.05, 4.69) is 21.2 Å². The average Bonchev–Trinajstić information content (AvgIpc) is 2.79. The van der Waals surface area contributed by atoms with Crippen LogP contribution in [0.25, 0.3) is 6.08 Å². The molecule has 1 N–H and O–H groups in total. The first-order valence-corrected chi connectivity index (χ1v) is 11.0. The van der Waals surface area contributed by atoms with Gasteiger partial charge in [0, 0.05) is 5.69 Å². The van der Waals surface area contributed by atoms with E-state index in [0.29, 0.717) is 40.4 Å². The van der Waals surface area contributed by atoms with E-state index >= 15 is 0 Å². The molecule has 0 fully saturated rings.